The molecule has 1 unspecified atom stereocenters. The van der Waals surface area contributed by atoms with Crippen LogP contribution >= 0.6 is 24.0 Å². The number of carbonyl (C=O) groups excluding carboxylic acids is 1. The Hall–Kier alpha value is -0.650. The summed E-state index contributed by atoms with van der Waals surface area (Å²) < 4.78 is 5.42. The van der Waals surface area contributed by atoms with Crippen molar-refractivity contribution in [1.82, 2.24) is 25.8 Å². The van der Waals surface area contributed by atoms with E-state index in [4.69, 9.17) is 9.73 Å². The normalized spacial score (nSPS) is 20.9. The lowest BCUT2D eigenvalue weighted by Crippen LogP contribution is -2.50. The van der Waals surface area contributed by atoms with Gasteiger partial charge in [-0.25, -0.2) is 0 Å². The van der Waals surface area contributed by atoms with Gasteiger partial charge in [0.15, 0.2) is 5.96 Å². The number of carbonyl (C=O) groups is 1. The highest BCUT2D eigenvalue weighted by Crippen LogP contribution is 2.10. The van der Waals surface area contributed by atoms with Gasteiger partial charge in [-0.3, -0.25) is 19.6 Å². The van der Waals surface area contributed by atoms with Crippen molar-refractivity contribution >= 4 is 35.8 Å². The lowest BCUT2D eigenvalue weighted by Gasteiger charge is -2.32. The van der Waals surface area contributed by atoms with Gasteiger partial charge in [-0.15, -0.1) is 24.0 Å². The van der Waals surface area contributed by atoms with E-state index in [9.17, 15) is 4.79 Å². The first-order valence-electron chi connectivity index (χ1n) is 10.4. The van der Waals surface area contributed by atoms with E-state index in [-0.39, 0.29) is 29.9 Å². The molecular weight excluding hydrogens is 471 g/mol. The number of morpholine rings is 1. The molecular formula is C19H39IN6O2. The van der Waals surface area contributed by atoms with Crippen LogP contribution < -0.4 is 16.0 Å². The second kappa shape index (κ2) is 14.4. The fraction of sp³-hybridized carbons (Fsp3) is 0.895. The summed E-state index contributed by atoms with van der Waals surface area (Å²) in [4.78, 5) is 21.0. The summed E-state index contributed by atoms with van der Waals surface area (Å²) in [7, 11) is 1.69. The van der Waals surface area contributed by atoms with E-state index in [2.05, 4.69) is 39.6 Å². The summed E-state index contributed by atoms with van der Waals surface area (Å²) in [6.07, 6.45) is 2.06. The van der Waals surface area contributed by atoms with E-state index in [1.165, 1.54) is 0 Å². The van der Waals surface area contributed by atoms with Gasteiger partial charge in [0.25, 0.3) is 0 Å². The highest BCUT2D eigenvalue weighted by Gasteiger charge is 2.21. The lowest BCUT2D eigenvalue weighted by molar-refractivity contribution is -0.122. The molecule has 0 spiro atoms. The number of hydrogen-bond acceptors (Lipinski definition) is 5. The third-order valence-corrected chi connectivity index (χ3v) is 5.15. The van der Waals surface area contributed by atoms with Crippen molar-refractivity contribution in [2.24, 2.45) is 10.9 Å². The van der Waals surface area contributed by atoms with Crippen molar-refractivity contribution in [1.29, 1.82) is 0 Å². The first-order chi connectivity index (χ1) is 13.1. The molecule has 9 heteroatoms. The highest BCUT2D eigenvalue weighted by molar-refractivity contribution is 14.0. The average molecular weight is 510 g/mol. The standard InChI is InChI=1S/C19H38N6O2.HI/c1-4-21-19(22-13-16(2)14-25-9-11-27-12-10-25)23-17-5-7-24(8-6-17)15-18(26)20-3;/h16-17H,4-15H2,1-3H3,(H,20,26)(H2,21,22,23);1H. The van der Waals surface area contributed by atoms with Crippen molar-refractivity contribution in [3.63, 3.8) is 0 Å². The third kappa shape index (κ3) is 9.71. The third-order valence-electron chi connectivity index (χ3n) is 5.15. The van der Waals surface area contributed by atoms with Crippen LogP contribution in [0.15, 0.2) is 4.99 Å². The number of guanidine groups is 1. The van der Waals surface area contributed by atoms with Gasteiger partial charge in [0.2, 0.25) is 5.91 Å². The molecule has 164 valence electrons. The molecule has 2 saturated heterocycles. The Bertz CT molecular complexity index is 465. The smallest absolute Gasteiger partial charge is 0.233 e. The number of piperidine rings is 1. The Morgan fingerprint density at radius 2 is 1.86 bits per heavy atom. The minimum atomic E-state index is 0. The fourth-order valence-electron chi connectivity index (χ4n) is 3.56. The monoisotopic (exact) mass is 510 g/mol. The van der Waals surface area contributed by atoms with Crippen molar-refractivity contribution < 1.29 is 9.53 Å². The summed E-state index contributed by atoms with van der Waals surface area (Å²) in [5, 5.41) is 9.64. The molecule has 28 heavy (non-hydrogen) atoms. The number of aliphatic imine (C=N–C) groups is 1. The van der Waals surface area contributed by atoms with Gasteiger partial charge in [0.05, 0.1) is 19.8 Å². The molecule has 2 fully saturated rings. The van der Waals surface area contributed by atoms with Gasteiger partial charge in [0, 0.05) is 58.9 Å². The highest BCUT2D eigenvalue weighted by atomic mass is 127. The fourth-order valence-corrected chi connectivity index (χ4v) is 3.56. The Balaban J connectivity index is 0.00000392. The number of amides is 1. The molecule has 0 radical (unpaired) electrons. The van der Waals surface area contributed by atoms with E-state index < -0.39 is 0 Å². The van der Waals surface area contributed by atoms with Gasteiger partial charge in [-0.05, 0) is 25.7 Å². The van der Waals surface area contributed by atoms with Crippen molar-refractivity contribution in [2.75, 3.05) is 72.6 Å². The number of halogens is 1. The summed E-state index contributed by atoms with van der Waals surface area (Å²) in [5.41, 5.74) is 0. The van der Waals surface area contributed by atoms with Crippen molar-refractivity contribution in [3.05, 3.63) is 0 Å². The zero-order valence-electron chi connectivity index (χ0n) is 17.7. The number of rotatable bonds is 8. The van der Waals surface area contributed by atoms with Crippen LogP contribution in [-0.4, -0.2) is 100 Å². The largest absolute Gasteiger partial charge is 0.379 e. The van der Waals surface area contributed by atoms with E-state index in [0.717, 1.165) is 77.8 Å². The topological polar surface area (TPSA) is 81.2 Å². The van der Waals surface area contributed by atoms with Gasteiger partial charge in [0.1, 0.15) is 0 Å². The van der Waals surface area contributed by atoms with Crippen LogP contribution in [0.4, 0.5) is 0 Å². The van der Waals surface area contributed by atoms with E-state index in [1.807, 2.05) is 0 Å². The zero-order chi connectivity index (χ0) is 19.5. The zero-order valence-corrected chi connectivity index (χ0v) is 20.0. The summed E-state index contributed by atoms with van der Waals surface area (Å²) >= 11 is 0. The molecule has 8 nitrogen and oxygen atoms in total. The number of ether oxygens (including phenoxy) is 1. The van der Waals surface area contributed by atoms with Crippen LogP contribution in [0, 0.1) is 5.92 Å². The maximum atomic E-state index is 11.5. The number of likely N-dealkylation sites (tertiary alicyclic amines) is 1. The molecule has 0 aromatic heterocycles. The van der Waals surface area contributed by atoms with Crippen LogP contribution in [0.25, 0.3) is 0 Å². The molecule has 1 atom stereocenters. The van der Waals surface area contributed by atoms with E-state index in [1.54, 1.807) is 7.05 Å². The lowest BCUT2D eigenvalue weighted by atomic mass is 10.1. The molecule has 0 aromatic rings. The van der Waals surface area contributed by atoms with E-state index >= 15 is 0 Å². The predicted octanol–water partition coefficient (Wildman–Crippen LogP) is 0.338. The number of nitrogens with one attached hydrogen (secondary N) is 3. The maximum absolute atomic E-state index is 11.5. The van der Waals surface area contributed by atoms with Crippen LogP contribution in [0.2, 0.25) is 0 Å². The molecule has 2 rings (SSSR count). The molecule has 2 heterocycles. The van der Waals surface area contributed by atoms with E-state index in [0.29, 0.717) is 18.5 Å². The SMILES string of the molecule is CCNC(=NCC(C)CN1CCOCC1)NC1CCN(CC(=O)NC)CC1.I. The van der Waals surface area contributed by atoms with Gasteiger partial charge in [-0.1, -0.05) is 6.92 Å². The molecule has 0 saturated carbocycles. The summed E-state index contributed by atoms with van der Waals surface area (Å²) in [5.74, 6) is 1.52. The minimum absolute atomic E-state index is 0. The number of nitrogens with zero attached hydrogens (tertiary/aromatic N) is 3. The number of hydrogen-bond donors (Lipinski definition) is 3. The minimum Gasteiger partial charge on any atom is -0.379 e. The summed E-state index contributed by atoms with van der Waals surface area (Å²) in [6, 6.07) is 0.415. The van der Waals surface area contributed by atoms with Crippen LogP contribution in [0.5, 0.6) is 0 Å². The first-order valence-corrected chi connectivity index (χ1v) is 10.4. The Kier molecular flexibility index (Phi) is 13.0. The van der Waals surface area contributed by atoms with Gasteiger partial charge >= 0.3 is 0 Å². The first kappa shape index (κ1) is 25.4. The quantitative estimate of drug-likeness (QED) is 0.248. The van der Waals surface area contributed by atoms with Gasteiger partial charge < -0.3 is 20.7 Å². The maximum Gasteiger partial charge on any atom is 0.233 e. The molecule has 0 aliphatic carbocycles. The molecule has 2 aliphatic heterocycles. The molecule has 0 aromatic carbocycles. The van der Waals surface area contributed by atoms with Crippen LogP contribution in [-0.2, 0) is 9.53 Å². The summed E-state index contributed by atoms with van der Waals surface area (Å²) in [6.45, 7) is 13.2. The van der Waals surface area contributed by atoms with Crippen molar-refractivity contribution in [2.45, 2.75) is 32.7 Å². The number of likely N-dealkylation sites (N-methyl/N-ethyl adjacent to an activating group) is 1. The molecule has 3 N–H and O–H groups in total. The predicted molar refractivity (Wildman–Crippen MR) is 124 cm³/mol. The molecule has 0 bridgehead atoms. The molecule has 2 aliphatic rings. The second-order valence-corrected chi connectivity index (χ2v) is 7.61. The molecule has 1 amide bonds. The Morgan fingerprint density at radius 3 is 2.46 bits per heavy atom. The van der Waals surface area contributed by atoms with Gasteiger partial charge in [-0.2, -0.15) is 0 Å². The average Bonchev–Trinajstić information content (AvgIpc) is 2.68. The van der Waals surface area contributed by atoms with Crippen LogP contribution in [0.1, 0.15) is 26.7 Å². The second-order valence-electron chi connectivity index (χ2n) is 7.61. The van der Waals surface area contributed by atoms with Crippen molar-refractivity contribution in [3.8, 4) is 0 Å². The van der Waals surface area contributed by atoms with Crippen LogP contribution in [0.3, 0.4) is 0 Å². The Morgan fingerprint density at radius 1 is 1.18 bits per heavy atom. The Labute approximate surface area is 187 Å².